The van der Waals surface area contributed by atoms with Crippen LogP contribution in [0, 0.1) is 5.92 Å². The molecule has 0 atom stereocenters. The molecule has 1 fully saturated rings. The maximum absolute atomic E-state index is 13.4. The van der Waals surface area contributed by atoms with Gasteiger partial charge >= 0.3 is 5.97 Å². The van der Waals surface area contributed by atoms with Crippen LogP contribution in [0.3, 0.4) is 0 Å². The summed E-state index contributed by atoms with van der Waals surface area (Å²) in [6.45, 7) is 6.98. The fraction of sp³-hybridized carbons (Fsp3) is 0.667. The Labute approximate surface area is 169 Å². The van der Waals surface area contributed by atoms with Gasteiger partial charge in [0, 0.05) is 4.88 Å². The third-order valence-corrected chi connectivity index (χ3v) is 6.77. The Bertz CT molecular complexity index is 925. The van der Waals surface area contributed by atoms with Crippen molar-refractivity contribution in [1.29, 1.82) is 0 Å². The quantitative estimate of drug-likeness (QED) is 0.694. The summed E-state index contributed by atoms with van der Waals surface area (Å²) in [7, 11) is 0. The van der Waals surface area contributed by atoms with Crippen molar-refractivity contribution >= 4 is 27.5 Å². The van der Waals surface area contributed by atoms with Gasteiger partial charge in [-0.05, 0) is 63.1 Å². The molecule has 1 aliphatic heterocycles. The van der Waals surface area contributed by atoms with Crippen molar-refractivity contribution < 1.29 is 9.53 Å². The number of rotatable bonds is 6. The Kier molecular flexibility index (Phi) is 5.83. The maximum Gasteiger partial charge on any atom is 0.326 e. The van der Waals surface area contributed by atoms with Crippen molar-refractivity contribution in [2.24, 2.45) is 5.92 Å². The van der Waals surface area contributed by atoms with Crippen molar-refractivity contribution in [2.75, 3.05) is 19.7 Å². The molecule has 2 aromatic heterocycles. The third kappa shape index (κ3) is 4.01. The molecule has 0 aromatic carbocycles. The topological polar surface area (TPSA) is 64.4 Å². The minimum atomic E-state index is -0.358. The molecule has 0 bridgehead atoms. The number of hydrogen-bond acceptors (Lipinski definition) is 6. The van der Waals surface area contributed by atoms with E-state index in [2.05, 4.69) is 4.90 Å². The molecule has 0 N–H and O–H groups in total. The second-order valence-corrected chi connectivity index (χ2v) is 9.45. The second kappa shape index (κ2) is 8.33. The van der Waals surface area contributed by atoms with Gasteiger partial charge in [0.15, 0.2) is 0 Å². The Morgan fingerprint density at radius 3 is 2.68 bits per heavy atom. The molecule has 2 aliphatic rings. The van der Waals surface area contributed by atoms with Crippen molar-refractivity contribution in [2.45, 2.75) is 65.5 Å². The van der Waals surface area contributed by atoms with E-state index >= 15 is 0 Å². The highest BCUT2D eigenvalue weighted by Crippen LogP contribution is 2.34. The van der Waals surface area contributed by atoms with E-state index in [4.69, 9.17) is 9.72 Å². The zero-order valence-corrected chi connectivity index (χ0v) is 17.6. The summed E-state index contributed by atoms with van der Waals surface area (Å²) in [4.78, 5) is 35.2. The van der Waals surface area contributed by atoms with Crippen LogP contribution in [0.15, 0.2) is 4.79 Å². The van der Waals surface area contributed by atoms with Crippen molar-refractivity contribution in [3.63, 3.8) is 0 Å². The first-order valence-corrected chi connectivity index (χ1v) is 11.3. The molecule has 4 rings (SSSR count). The van der Waals surface area contributed by atoms with Gasteiger partial charge in [-0.2, -0.15) is 0 Å². The van der Waals surface area contributed by atoms with Crippen LogP contribution in [0.4, 0.5) is 0 Å². The normalized spacial score (nSPS) is 17.4. The Morgan fingerprint density at radius 2 is 1.93 bits per heavy atom. The highest BCUT2D eigenvalue weighted by atomic mass is 32.1. The molecule has 0 radical (unpaired) electrons. The molecule has 28 heavy (non-hydrogen) atoms. The number of carbonyl (C=O) groups excluding carboxylic acids is 1. The summed E-state index contributed by atoms with van der Waals surface area (Å²) in [5.74, 6) is 0.609. The molecule has 6 nitrogen and oxygen atoms in total. The fourth-order valence-corrected chi connectivity index (χ4v) is 5.41. The lowest BCUT2D eigenvalue weighted by atomic mass is 9.97. The number of likely N-dealkylation sites (tertiary alicyclic amines) is 1. The smallest absolute Gasteiger partial charge is 0.326 e. The predicted octanol–water partition coefficient (Wildman–Crippen LogP) is 3.13. The summed E-state index contributed by atoms with van der Waals surface area (Å²) >= 11 is 1.67. The molecule has 0 spiro atoms. The van der Waals surface area contributed by atoms with Gasteiger partial charge in [0.1, 0.15) is 17.2 Å². The summed E-state index contributed by atoms with van der Waals surface area (Å²) in [5.41, 5.74) is 1.10. The van der Waals surface area contributed by atoms with Crippen LogP contribution in [0.5, 0.6) is 0 Å². The second-order valence-electron chi connectivity index (χ2n) is 8.37. The van der Waals surface area contributed by atoms with E-state index in [0.717, 1.165) is 42.6 Å². The van der Waals surface area contributed by atoms with Gasteiger partial charge in [-0.3, -0.25) is 19.1 Å². The molecular formula is C21H29N3O3S. The molecule has 0 saturated carbocycles. The number of nitrogens with zero attached hydrogens (tertiary/aromatic N) is 3. The number of esters is 1. The molecule has 0 unspecified atom stereocenters. The fourth-order valence-electron chi connectivity index (χ4n) is 4.14. The van der Waals surface area contributed by atoms with Crippen LogP contribution in [0.1, 0.15) is 55.8 Å². The minimum absolute atomic E-state index is 0.0533. The van der Waals surface area contributed by atoms with Gasteiger partial charge in [0.25, 0.3) is 5.56 Å². The average Bonchev–Trinajstić information content (AvgIpc) is 3.30. The molecule has 0 amide bonds. The average molecular weight is 404 g/mol. The summed E-state index contributed by atoms with van der Waals surface area (Å²) in [5, 5.41) is 0.738. The Hall–Kier alpha value is -1.73. The summed E-state index contributed by atoms with van der Waals surface area (Å²) < 4.78 is 6.93. The van der Waals surface area contributed by atoms with Gasteiger partial charge < -0.3 is 4.74 Å². The van der Waals surface area contributed by atoms with E-state index in [9.17, 15) is 9.59 Å². The monoisotopic (exact) mass is 403 g/mol. The van der Waals surface area contributed by atoms with Gasteiger partial charge in [0.2, 0.25) is 0 Å². The van der Waals surface area contributed by atoms with Gasteiger partial charge in [-0.1, -0.05) is 13.8 Å². The van der Waals surface area contributed by atoms with E-state index < -0.39 is 0 Å². The molecule has 152 valence electrons. The van der Waals surface area contributed by atoms with Gasteiger partial charge in [-0.15, -0.1) is 11.3 Å². The molecular weight excluding hydrogens is 374 g/mol. The number of thiophene rings is 1. The molecule has 2 aromatic rings. The first kappa shape index (κ1) is 19.6. The molecule has 7 heteroatoms. The van der Waals surface area contributed by atoms with E-state index in [1.54, 1.807) is 15.9 Å². The van der Waals surface area contributed by atoms with Crippen LogP contribution in [-0.2, 0) is 35.5 Å². The first-order valence-electron chi connectivity index (χ1n) is 10.4. The van der Waals surface area contributed by atoms with Crippen LogP contribution in [0.2, 0.25) is 0 Å². The SMILES string of the molecule is CC(C)COC(=O)Cn1c(CN2CCCC2)nc2sc3c(c2c1=O)CCCC3. The summed E-state index contributed by atoms with van der Waals surface area (Å²) in [6.07, 6.45) is 6.62. The number of hydrogen-bond donors (Lipinski definition) is 0. The van der Waals surface area contributed by atoms with E-state index in [1.807, 2.05) is 13.8 Å². The molecule has 1 saturated heterocycles. The highest BCUT2D eigenvalue weighted by Gasteiger charge is 2.24. The third-order valence-electron chi connectivity index (χ3n) is 5.58. The standard InChI is InChI=1S/C21H29N3O3S/c1-14(2)13-27-18(25)12-24-17(11-23-9-5-6-10-23)22-20-19(21(24)26)15-7-3-4-8-16(15)28-20/h14H,3-13H2,1-2H3. The zero-order valence-electron chi connectivity index (χ0n) is 16.8. The predicted molar refractivity (Wildman–Crippen MR) is 111 cm³/mol. The van der Waals surface area contributed by atoms with Crippen LogP contribution >= 0.6 is 11.3 Å². The number of aryl methyl sites for hydroxylation is 2. The Balaban J connectivity index is 1.73. The largest absolute Gasteiger partial charge is 0.464 e. The number of ether oxygens (including phenoxy) is 1. The first-order chi connectivity index (χ1) is 13.5. The van der Waals surface area contributed by atoms with E-state index in [0.29, 0.717) is 19.0 Å². The van der Waals surface area contributed by atoms with Crippen LogP contribution in [-0.4, -0.2) is 40.1 Å². The van der Waals surface area contributed by atoms with Crippen LogP contribution in [0.25, 0.3) is 10.2 Å². The number of aromatic nitrogens is 2. The lowest BCUT2D eigenvalue weighted by molar-refractivity contribution is -0.145. The van der Waals surface area contributed by atoms with Crippen molar-refractivity contribution in [3.8, 4) is 0 Å². The summed E-state index contributed by atoms with van der Waals surface area (Å²) in [6, 6.07) is 0. The van der Waals surface area contributed by atoms with Gasteiger partial charge in [-0.25, -0.2) is 4.98 Å². The Morgan fingerprint density at radius 1 is 1.18 bits per heavy atom. The minimum Gasteiger partial charge on any atom is -0.464 e. The van der Waals surface area contributed by atoms with Crippen LogP contribution < -0.4 is 5.56 Å². The van der Waals surface area contributed by atoms with Crippen molar-refractivity contribution in [3.05, 3.63) is 26.6 Å². The van der Waals surface area contributed by atoms with Crippen molar-refractivity contribution in [1.82, 2.24) is 14.5 Å². The van der Waals surface area contributed by atoms with Gasteiger partial charge in [0.05, 0.1) is 18.5 Å². The lowest BCUT2D eigenvalue weighted by Gasteiger charge is -2.18. The molecule has 1 aliphatic carbocycles. The number of carbonyl (C=O) groups is 1. The lowest BCUT2D eigenvalue weighted by Crippen LogP contribution is -2.33. The van der Waals surface area contributed by atoms with E-state index in [1.165, 1.54) is 29.7 Å². The zero-order chi connectivity index (χ0) is 19.7. The highest BCUT2D eigenvalue weighted by molar-refractivity contribution is 7.18. The number of fused-ring (bicyclic) bond motifs is 3. The maximum atomic E-state index is 13.4. The molecule has 3 heterocycles. The van der Waals surface area contributed by atoms with E-state index in [-0.39, 0.29) is 24.0 Å².